The van der Waals surface area contributed by atoms with E-state index < -0.39 is 5.97 Å². The van der Waals surface area contributed by atoms with Crippen molar-refractivity contribution in [2.75, 3.05) is 21.3 Å². The molecule has 1 aliphatic rings. The highest BCUT2D eigenvalue weighted by Crippen LogP contribution is 2.40. The summed E-state index contributed by atoms with van der Waals surface area (Å²) in [7, 11) is 4.55. The molecule has 0 aromatic heterocycles. The van der Waals surface area contributed by atoms with E-state index in [9.17, 15) is 4.79 Å². The molecule has 0 saturated carbocycles. The zero-order chi connectivity index (χ0) is 18.7. The van der Waals surface area contributed by atoms with Crippen LogP contribution in [-0.2, 0) is 9.53 Å². The van der Waals surface area contributed by atoms with Gasteiger partial charge in [-0.05, 0) is 36.4 Å². The van der Waals surface area contributed by atoms with Gasteiger partial charge in [0.05, 0.1) is 21.3 Å². The van der Waals surface area contributed by atoms with Crippen molar-refractivity contribution >= 4 is 29.5 Å². The van der Waals surface area contributed by atoms with Crippen molar-refractivity contribution in [2.45, 2.75) is 0 Å². The first-order valence-corrected chi connectivity index (χ1v) is 8.02. The van der Waals surface area contributed by atoms with Gasteiger partial charge in [-0.25, -0.2) is 9.79 Å². The van der Waals surface area contributed by atoms with Gasteiger partial charge in [0.2, 0.25) is 11.6 Å². The lowest BCUT2D eigenvalue weighted by Crippen LogP contribution is -2.05. The number of halogens is 1. The van der Waals surface area contributed by atoms with E-state index in [1.807, 2.05) is 0 Å². The molecule has 1 aliphatic heterocycles. The standard InChI is InChI=1S/C19H16ClNO5/c1-23-15-8-7-11(16(24-2)17(15)25-3)10-14-19(22)26-18(21-14)12-5-4-6-13(20)9-12/h4-10H,1-3H3/b14-10-. The molecule has 0 fully saturated rings. The van der Waals surface area contributed by atoms with Gasteiger partial charge in [0.25, 0.3) is 0 Å². The van der Waals surface area contributed by atoms with E-state index >= 15 is 0 Å². The van der Waals surface area contributed by atoms with Crippen molar-refractivity contribution in [3.63, 3.8) is 0 Å². The SMILES string of the molecule is COc1ccc(/C=C2\N=C(c3cccc(Cl)c3)OC2=O)c(OC)c1OC. The van der Waals surface area contributed by atoms with E-state index in [1.165, 1.54) is 21.3 Å². The summed E-state index contributed by atoms with van der Waals surface area (Å²) in [5, 5.41) is 0.528. The molecule has 0 bridgehead atoms. The zero-order valence-corrected chi connectivity index (χ0v) is 15.2. The molecule has 6 nitrogen and oxygen atoms in total. The number of nitrogens with zero attached hydrogens (tertiary/aromatic N) is 1. The topological polar surface area (TPSA) is 66.4 Å². The van der Waals surface area contributed by atoms with Gasteiger partial charge in [-0.15, -0.1) is 0 Å². The molecule has 2 aromatic rings. The van der Waals surface area contributed by atoms with Crippen LogP contribution in [0.1, 0.15) is 11.1 Å². The van der Waals surface area contributed by atoms with Gasteiger partial charge in [-0.2, -0.15) is 0 Å². The second-order valence-corrected chi connectivity index (χ2v) is 5.71. The average molecular weight is 374 g/mol. The van der Waals surface area contributed by atoms with Crippen LogP contribution in [-0.4, -0.2) is 33.2 Å². The van der Waals surface area contributed by atoms with Crippen LogP contribution in [0.15, 0.2) is 47.1 Å². The zero-order valence-electron chi connectivity index (χ0n) is 14.4. The number of hydrogen-bond acceptors (Lipinski definition) is 6. The van der Waals surface area contributed by atoms with Gasteiger partial charge >= 0.3 is 5.97 Å². The summed E-state index contributed by atoms with van der Waals surface area (Å²) in [6.45, 7) is 0. The quantitative estimate of drug-likeness (QED) is 0.590. The molecule has 134 valence electrons. The van der Waals surface area contributed by atoms with E-state index in [0.717, 1.165) is 0 Å². The van der Waals surface area contributed by atoms with Crippen molar-refractivity contribution in [2.24, 2.45) is 4.99 Å². The number of esters is 1. The Bertz CT molecular complexity index is 920. The minimum Gasteiger partial charge on any atom is -0.493 e. The van der Waals surface area contributed by atoms with Crippen LogP contribution < -0.4 is 14.2 Å². The number of rotatable bonds is 5. The summed E-state index contributed by atoms with van der Waals surface area (Å²) in [5.74, 6) is 1.01. The van der Waals surface area contributed by atoms with Gasteiger partial charge in [0.15, 0.2) is 17.2 Å². The second-order valence-electron chi connectivity index (χ2n) is 5.27. The molecule has 0 aliphatic carbocycles. The Morgan fingerprint density at radius 3 is 2.46 bits per heavy atom. The van der Waals surface area contributed by atoms with Crippen LogP contribution in [0, 0.1) is 0 Å². The number of aliphatic imine (C=N–C) groups is 1. The van der Waals surface area contributed by atoms with Crippen LogP contribution in [0.5, 0.6) is 17.2 Å². The van der Waals surface area contributed by atoms with Crippen molar-refractivity contribution in [3.05, 3.63) is 58.2 Å². The molecule has 0 saturated heterocycles. The van der Waals surface area contributed by atoms with Crippen LogP contribution in [0.3, 0.4) is 0 Å². The fourth-order valence-corrected chi connectivity index (χ4v) is 2.73. The van der Waals surface area contributed by atoms with E-state index in [-0.39, 0.29) is 11.6 Å². The summed E-state index contributed by atoms with van der Waals surface area (Å²) in [5.41, 5.74) is 1.37. The number of ether oxygens (including phenoxy) is 4. The fourth-order valence-electron chi connectivity index (χ4n) is 2.54. The normalized spacial score (nSPS) is 14.8. The molecular formula is C19H16ClNO5. The van der Waals surface area contributed by atoms with Crippen molar-refractivity contribution in [1.29, 1.82) is 0 Å². The first kappa shape index (κ1) is 17.8. The molecular weight excluding hydrogens is 358 g/mol. The predicted octanol–water partition coefficient (Wildman–Crippen LogP) is 3.71. The molecule has 0 spiro atoms. The molecule has 0 amide bonds. The Morgan fingerprint density at radius 1 is 1.04 bits per heavy atom. The number of hydrogen-bond donors (Lipinski definition) is 0. The number of benzene rings is 2. The Morgan fingerprint density at radius 2 is 1.81 bits per heavy atom. The van der Waals surface area contributed by atoms with E-state index in [1.54, 1.807) is 42.5 Å². The van der Waals surface area contributed by atoms with Crippen molar-refractivity contribution < 1.29 is 23.7 Å². The summed E-state index contributed by atoms with van der Waals surface area (Å²) < 4.78 is 21.3. The van der Waals surface area contributed by atoms with Gasteiger partial charge in [-0.1, -0.05) is 17.7 Å². The van der Waals surface area contributed by atoms with Crippen LogP contribution in [0.25, 0.3) is 6.08 Å². The Kier molecular flexibility index (Phi) is 5.14. The Hall–Kier alpha value is -2.99. The number of methoxy groups -OCH3 is 3. The van der Waals surface area contributed by atoms with E-state index in [2.05, 4.69) is 4.99 Å². The van der Waals surface area contributed by atoms with Gasteiger partial charge < -0.3 is 18.9 Å². The Balaban J connectivity index is 2.03. The van der Waals surface area contributed by atoms with Gasteiger partial charge in [0.1, 0.15) is 0 Å². The van der Waals surface area contributed by atoms with Gasteiger partial charge in [-0.3, -0.25) is 0 Å². The minimum atomic E-state index is -0.559. The summed E-state index contributed by atoms with van der Waals surface area (Å²) >= 11 is 5.97. The molecule has 3 rings (SSSR count). The largest absolute Gasteiger partial charge is 0.493 e. The van der Waals surface area contributed by atoms with Gasteiger partial charge in [0, 0.05) is 16.1 Å². The number of cyclic esters (lactones) is 1. The number of carbonyl (C=O) groups excluding carboxylic acids is 1. The second kappa shape index (κ2) is 7.49. The fraction of sp³-hybridized carbons (Fsp3) is 0.158. The first-order valence-electron chi connectivity index (χ1n) is 7.65. The molecule has 26 heavy (non-hydrogen) atoms. The molecule has 0 unspecified atom stereocenters. The first-order chi connectivity index (χ1) is 12.6. The third-order valence-corrected chi connectivity index (χ3v) is 3.95. The lowest BCUT2D eigenvalue weighted by Gasteiger charge is -2.14. The predicted molar refractivity (Wildman–Crippen MR) is 98.2 cm³/mol. The van der Waals surface area contributed by atoms with Crippen LogP contribution in [0.2, 0.25) is 5.02 Å². The molecule has 0 radical (unpaired) electrons. The monoisotopic (exact) mass is 373 g/mol. The third kappa shape index (κ3) is 3.36. The minimum absolute atomic E-state index is 0.144. The summed E-state index contributed by atoms with van der Waals surface area (Å²) in [6, 6.07) is 10.4. The van der Waals surface area contributed by atoms with Crippen molar-refractivity contribution in [3.8, 4) is 17.2 Å². The van der Waals surface area contributed by atoms with E-state index in [0.29, 0.717) is 33.4 Å². The third-order valence-electron chi connectivity index (χ3n) is 3.72. The maximum absolute atomic E-state index is 12.2. The maximum Gasteiger partial charge on any atom is 0.363 e. The van der Waals surface area contributed by atoms with E-state index in [4.69, 9.17) is 30.5 Å². The summed E-state index contributed by atoms with van der Waals surface area (Å²) in [6.07, 6.45) is 1.57. The van der Waals surface area contributed by atoms with Crippen molar-refractivity contribution in [1.82, 2.24) is 0 Å². The highest BCUT2D eigenvalue weighted by Gasteiger charge is 2.25. The highest BCUT2D eigenvalue weighted by atomic mass is 35.5. The molecule has 1 heterocycles. The molecule has 2 aromatic carbocycles. The van der Waals surface area contributed by atoms with Crippen LogP contribution >= 0.6 is 11.6 Å². The average Bonchev–Trinajstić information content (AvgIpc) is 3.01. The highest BCUT2D eigenvalue weighted by molar-refractivity contribution is 6.31. The summed E-state index contributed by atoms with van der Waals surface area (Å²) in [4.78, 5) is 16.5. The Labute approximate surface area is 155 Å². The lowest BCUT2D eigenvalue weighted by molar-refractivity contribution is -0.129. The lowest BCUT2D eigenvalue weighted by atomic mass is 10.1. The van der Waals surface area contributed by atoms with Crippen LogP contribution in [0.4, 0.5) is 0 Å². The molecule has 7 heteroatoms. The molecule has 0 atom stereocenters. The maximum atomic E-state index is 12.2. The molecule has 0 N–H and O–H groups in total. The number of carbonyl (C=O) groups is 1. The smallest absolute Gasteiger partial charge is 0.363 e.